The summed E-state index contributed by atoms with van der Waals surface area (Å²) in [6, 6.07) is 10.0. The Hall–Kier alpha value is -3.18. The van der Waals surface area contributed by atoms with E-state index in [0.717, 1.165) is 5.56 Å². The maximum Gasteiger partial charge on any atom is 0.321 e. The van der Waals surface area contributed by atoms with Gasteiger partial charge in [0.2, 0.25) is 10.0 Å². The Morgan fingerprint density at radius 2 is 1.79 bits per heavy atom. The van der Waals surface area contributed by atoms with Crippen LogP contribution in [-0.4, -0.2) is 52.7 Å². The normalized spacial score (nSPS) is 14.1. The molecular weight excluding hydrogens is 455 g/mol. The molecule has 0 saturated heterocycles. The van der Waals surface area contributed by atoms with Crippen LogP contribution in [0.15, 0.2) is 47.4 Å². The number of halogens is 1. The minimum Gasteiger partial charge on any atom is -0.490 e. The lowest BCUT2D eigenvalue weighted by Crippen LogP contribution is -2.39. The van der Waals surface area contributed by atoms with Crippen molar-refractivity contribution < 1.29 is 36.6 Å². The number of rotatable bonds is 9. The summed E-state index contributed by atoms with van der Waals surface area (Å²) in [6.45, 7) is 1.87. The molecule has 1 aliphatic heterocycles. The first-order chi connectivity index (χ1) is 15.7. The molecule has 1 amide bonds. The highest BCUT2D eigenvalue weighted by Crippen LogP contribution is 2.31. The molecule has 3 rings (SSSR count). The predicted octanol–water partition coefficient (Wildman–Crippen LogP) is 1.56. The van der Waals surface area contributed by atoms with Crippen molar-refractivity contribution in [3.8, 4) is 11.5 Å². The third-order valence-electron chi connectivity index (χ3n) is 4.74. The van der Waals surface area contributed by atoms with Crippen molar-refractivity contribution >= 4 is 21.9 Å². The van der Waals surface area contributed by atoms with Crippen LogP contribution >= 0.6 is 0 Å². The number of ether oxygens (including phenoxy) is 3. The van der Waals surface area contributed by atoms with Gasteiger partial charge in [-0.1, -0.05) is 12.1 Å². The van der Waals surface area contributed by atoms with E-state index >= 15 is 0 Å². The van der Waals surface area contributed by atoms with Gasteiger partial charge in [-0.2, -0.15) is 4.72 Å². The Kier molecular flexibility index (Phi) is 8.23. The number of nitrogens with one attached hydrogen (secondary N) is 2. The zero-order chi connectivity index (χ0) is 23.8. The number of hydrogen-bond donors (Lipinski definition) is 2. The molecule has 0 bridgehead atoms. The van der Waals surface area contributed by atoms with Gasteiger partial charge in [0, 0.05) is 19.0 Å². The minimum absolute atomic E-state index is 0.0915. The number of esters is 1. The van der Waals surface area contributed by atoms with Gasteiger partial charge in [0.05, 0.1) is 18.1 Å². The third-order valence-corrected chi connectivity index (χ3v) is 6.14. The molecule has 0 fully saturated rings. The molecule has 9 nitrogen and oxygen atoms in total. The Bertz CT molecular complexity index is 1090. The van der Waals surface area contributed by atoms with Gasteiger partial charge in [0.1, 0.15) is 12.4 Å². The first-order valence-electron chi connectivity index (χ1n) is 10.4. The molecule has 0 saturated carbocycles. The molecule has 0 aromatic heterocycles. The molecule has 1 unspecified atom stereocenters. The highest BCUT2D eigenvalue weighted by Gasteiger charge is 2.22. The van der Waals surface area contributed by atoms with Crippen molar-refractivity contribution in [1.29, 1.82) is 0 Å². The predicted molar refractivity (Wildman–Crippen MR) is 116 cm³/mol. The van der Waals surface area contributed by atoms with Gasteiger partial charge >= 0.3 is 5.97 Å². The summed E-state index contributed by atoms with van der Waals surface area (Å²) in [5.41, 5.74) is 0.838. The van der Waals surface area contributed by atoms with E-state index in [2.05, 4.69) is 10.0 Å². The lowest BCUT2D eigenvalue weighted by atomic mass is 10.1. The molecule has 11 heteroatoms. The topological polar surface area (TPSA) is 120 Å². The van der Waals surface area contributed by atoms with E-state index in [4.69, 9.17) is 14.2 Å². The maximum atomic E-state index is 12.9. The molecule has 0 spiro atoms. The number of amides is 1. The minimum atomic E-state index is -4.02. The van der Waals surface area contributed by atoms with Crippen molar-refractivity contribution in [2.24, 2.45) is 0 Å². The van der Waals surface area contributed by atoms with E-state index in [9.17, 15) is 22.4 Å². The van der Waals surface area contributed by atoms with Crippen molar-refractivity contribution in [3.63, 3.8) is 0 Å². The third kappa shape index (κ3) is 7.16. The number of benzene rings is 2. The second-order valence-corrected chi connectivity index (χ2v) is 9.05. The van der Waals surface area contributed by atoms with Gasteiger partial charge in [-0.3, -0.25) is 9.59 Å². The number of hydrogen-bond acceptors (Lipinski definition) is 7. The van der Waals surface area contributed by atoms with Crippen molar-refractivity contribution in [2.45, 2.75) is 30.8 Å². The summed E-state index contributed by atoms with van der Waals surface area (Å²) >= 11 is 0. The van der Waals surface area contributed by atoms with Gasteiger partial charge in [-0.15, -0.1) is 0 Å². The Labute approximate surface area is 191 Å². The fraction of sp³-hybridized carbons (Fsp3) is 0.364. The molecule has 33 heavy (non-hydrogen) atoms. The molecule has 1 heterocycles. The highest BCUT2D eigenvalue weighted by atomic mass is 32.2. The molecule has 2 N–H and O–H groups in total. The van der Waals surface area contributed by atoms with Crippen molar-refractivity contribution in [3.05, 3.63) is 53.8 Å². The van der Waals surface area contributed by atoms with Crippen molar-refractivity contribution in [1.82, 2.24) is 10.0 Å². The molecule has 0 aliphatic carbocycles. The van der Waals surface area contributed by atoms with Crippen molar-refractivity contribution in [2.75, 3.05) is 26.3 Å². The molecule has 1 aliphatic rings. The van der Waals surface area contributed by atoms with Crippen LogP contribution in [-0.2, 0) is 30.8 Å². The van der Waals surface area contributed by atoms with Crippen LogP contribution in [0.4, 0.5) is 4.39 Å². The monoisotopic (exact) mass is 480 g/mol. The zero-order valence-corrected chi connectivity index (χ0v) is 18.8. The Balaban J connectivity index is 1.45. The van der Waals surface area contributed by atoms with Crippen LogP contribution < -0.4 is 19.5 Å². The molecule has 2 aromatic carbocycles. The molecule has 0 radical (unpaired) electrons. The van der Waals surface area contributed by atoms with E-state index in [-0.39, 0.29) is 17.3 Å². The van der Waals surface area contributed by atoms with Crippen LogP contribution in [0.5, 0.6) is 11.5 Å². The smallest absolute Gasteiger partial charge is 0.321 e. The summed E-state index contributed by atoms with van der Waals surface area (Å²) in [6.07, 6.45) is 0.0363. The molecule has 178 valence electrons. The first-order valence-corrected chi connectivity index (χ1v) is 11.8. The van der Waals surface area contributed by atoms with Gasteiger partial charge < -0.3 is 19.5 Å². The van der Waals surface area contributed by atoms with Gasteiger partial charge in [-0.05, 0) is 43.2 Å². The lowest BCUT2D eigenvalue weighted by molar-refractivity contribution is -0.153. The molecular formula is C22H25FN2O7S. The van der Waals surface area contributed by atoms with Crippen LogP contribution in [0.1, 0.15) is 18.9 Å². The molecule has 1 atom stereocenters. The summed E-state index contributed by atoms with van der Waals surface area (Å²) < 4.78 is 56.0. The summed E-state index contributed by atoms with van der Waals surface area (Å²) in [4.78, 5) is 24.0. The quantitative estimate of drug-likeness (QED) is 0.523. The second kappa shape index (κ2) is 11.1. The largest absolute Gasteiger partial charge is 0.490 e. The fourth-order valence-corrected chi connectivity index (χ4v) is 3.95. The van der Waals surface area contributed by atoms with Gasteiger partial charge in [0.25, 0.3) is 5.91 Å². The van der Waals surface area contributed by atoms with E-state index in [1.807, 2.05) is 0 Å². The Morgan fingerprint density at radius 3 is 2.52 bits per heavy atom. The SMILES string of the molecule is CC(OC(=O)CNS(=O)(=O)c1ccc2c(c1)OCCCO2)C(=O)NCCc1ccc(F)cc1. The number of sulfonamides is 1. The van der Waals surface area contributed by atoms with Crippen LogP contribution in [0.2, 0.25) is 0 Å². The fourth-order valence-electron chi connectivity index (χ4n) is 2.97. The standard InChI is InChI=1S/C22H25FN2O7S/c1-15(22(27)24-10-9-16-3-5-17(23)6-4-16)32-21(26)14-25-33(28,29)18-7-8-19-20(13-18)31-12-2-11-30-19/h3-8,13,15,25H,2,9-12,14H2,1H3,(H,24,27). The number of fused-ring (bicyclic) bond motifs is 1. The van der Waals surface area contributed by atoms with Crippen LogP contribution in [0, 0.1) is 5.82 Å². The lowest BCUT2D eigenvalue weighted by Gasteiger charge is -2.14. The van der Waals surface area contributed by atoms with E-state index in [1.54, 1.807) is 12.1 Å². The van der Waals surface area contributed by atoms with Gasteiger partial charge in [-0.25, -0.2) is 12.8 Å². The average molecular weight is 481 g/mol. The van der Waals surface area contributed by atoms with Gasteiger partial charge in [0.15, 0.2) is 17.6 Å². The van der Waals surface area contributed by atoms with E-state index in [0.29, 0.717) is 37.6 Å². The van der Waals surface area contributed by atoms with E-state index < -0.39 is 34.5 Å². The van der Waals surface area contributed by atoms with Crippen LogP contribution in [0.3, 0.4) is 0 Å². The molecule has 2 aromatic rings. The second-order valence-electron chi connectivity index (χ2n) is 7.28. The summed E-state index contributed by atoms with van der Waals surface area (Å²) in [5, 5.41) is 2.61. The maximum absolute atomic E-state index is 12.9. The Morgan fingerprint density at radius 1 is 1.09 bits per heavy atom. The zero-order valence-electron chi connectivity index (χ0n) is 18.0. The van der Waals surface area contributed by atoms with Crippen LogP contribution in [0.25, 0.3) is 0 Å². The number of carbonyl (C=O) groups is 2. The summed E-state index contributed by atoms with van der Waals surface area (Å²) in [5.74, 6) is -1.03. The highest BCUT2D eigenvalue weighted by molar-refractivity contribution is 7.89. The number of carbonyl (C=O) groups excluding carboxylic acids is 2. The average Bonchev–Trinajstić information content (AvgIpc) is 3.04. The first kappa shape index (κ1) is 24.5. The summed E-state index contributed by atoms with van der Waals surface area (Å²) in [7, 11) is -4.02. The van der Waals surface area contributed by atoms with E-state index in [1.165, 1.54) is 37.3 Å².